The normalized spacial score (nSPS) is 22.7. The zero-order valence-electron chi connectivity index (χ0n) is 46.8. The Labute approximate surface area is 456 Å². The monoisotopic (exact) mass is 1090 g/mol. The molecule has 0 aromatic heterocycles. The van der Waals surface area contributed by atoms with Gasteiger partial charge in [0.2, 0.25) is 35.4 Å². The summed E-state index contributed by atoms with van der Waals surface area (Å²) in [5.74, 6) is -5.77. The molecule has 0 radical (unpaired) electrons. The van der Waals surface area contributed by atoms with E-state index in [1.54, 1.807) is 40.9 Å². The third-order valence-corrected chi connectivity index (χ3v) is 13.8. The molecule has 0 spiro atoms. The molecule has 8 amide bonds. The minimum Gasteiger partial charge on any atom is -0.496 e. The van der Waals surface area contributed by atoms with Gasteiger partial charge in [-0.3, -0.25) is 38.4 Å². The summed E-state index contributed by atoms with van der Waals surface area (Å²) in [5, 5.41) is 17.2. The minimum absolute atomic E-state index is 0.0395. The Morgan fingerprint density at radius 2 is 1.53 bits per heavy atom. The summed E-state index contributed by atoms with van der Waals surface area (Å²) < 4.78 is 18.0. The van der Waals surface area contributed by atoms with Gasteiger partial charge in [0.05, 0.1) is 18.6 Å². The van der Waals surface area contributed by atoms with E-state index in [1.165, 1.54) is 13.0 Å². The highest BCUT2D eigenvalue weighted by molar-refractivity contribution is 6.01. The minimum atomic E-state index is -1.17. The number of methoxy groups -OCH3 is 1. The van der Waals surface area contributed by atoms with Gasteiger partial charge in [-0.2, -0.15) is 0 Å². The van der Waals surface area contributed by atoms with Gasteiger partial charge in [0.25, 0.3) is 11.8 Å². The summed E-state index contributed by atoms with van der Waals surface area (Å²) in [6.45, 7) is 18.1. The third kappa shape index (κ3) is 18.0. The standard InChI is InChI=1S/C57H79N7O14/c1-12-37-27-36(21-24-42(37)75-11)28-39-52(71)59-31-57(9,10)55(74)62-40(29-56(6,7)8)54(73)76-41(15-13-16-43(65)61-39)33(4)49-50(77-49)38-22-19-35(20-23-38)30-58-51(70)34(5)60-53(72)48(32(2)3)63-44(66)17-14-18-47(69)78-64-45(67)25-26-46(64)68/h13,16,19-24,27,32-34,39-41,48-50H,12,14-15,17-18,25-26,28-31H2,1-11H3,(H,58,70)(H,59,71)(H,60,72)(H,61,65)(H,62,74)(H,63,66)/b16-13+/t33?,34?,39-,40?,41+,48+,49?,50?/m1/s1. The van der Waals surface area contributed by atoms with Gasteiger partial charge >= 0.3 is 11.9 Å². The van der Waals surface area contributed by atoms with Crippen LogP contribution in [0, 0.1) is 22.7 Å². The maximum Gasteiger partial charge on any atom is 0.333 e. The van der Waals surface area contributed by atoms with Gasteiger partial charge in [0, 0.05) is 57.5 Å². The number of carbonyl (C=O) groups is 10. The number of imide groups is 1. The van der Waals surface area contributed by atoms with Gasteiger partial charge in [0.15, 0.2) is 0 Å². The molecule has 8 atom stereocenters. The van der Waals surface area contributed by atoms with Crippen LogP contribution in [0.5, 0.6) is 5.75 Å². The molecule has 5 unspecified atom stereocenters. The Balaban J connectivity index is 1.19. The van der Waals surface area contributed by atoms with E-state index in [1.807, 2.05) is 77.1 Å². The van der Waals surface area contributed by atoms with Crippen LogP contribution in [-0.2, 0) is 81.6 Å². The number of hydrogen-bond acceptors (Lipinski definition) is 14. The molecule has 2 aromatic rings. The van der Waals surface area contributed by atoms with Crippen LogP contribution in [0.3, 0.4) is 0 Å². The second kappa shape index (κ2) is 27.4. The molecule has 2 aromatic carbocycles. The van der Waals surface area contributed by atoms with E-state index in [-0.39, 0.29) is 76.5 Å². The maximum absolute atomic E-state index is 14.2. The van der Waals surface area contributed by atoms with E-state index in [0.29, 0.717) is 11.5 Å². The van der Waals surface area contributed by atoms with Crippen LogP contribution in [0.4, 0.5) is 0 Å². The summed E-state index contributed by atoms with van der Waals surface area (Å²) in [6.07, 6.45) is 2.19. The van der Waals surface area contributed by atoms with E-state index in [0.717, 1.165) is 28.0 Å². The molecule has 2 saturated heterocycles. The number of hydroxylamine groups is 2. The van der Waals surface area contributed by atoms with Crippen LogP contribution >= 0.6 is 0 Å². The maximum atomic E-state index is 14.2. The van der Waals surface area contributed by atoms with Crippen molar-refractivity contribution in [3.8, 4) is 5.75 Å². The molecule has 3 aliphatic rings. The number of rotatable bonds is 20. The number of cyclic esters (lactones) is 1. The largest absolute Gasteiger partial charge is 0.496 e. The molecule has 0 aliphatic carbocycles. The van der Waals surface area contributed by atoms with Gasteiger partial charge in [0.1, 0.15) is 42.1 Å². The number of esters is 1. The highest BCUT2D eigenvalue weighted by Gasteiger charge is 2.48. The number of nitrogens with zero attached hydrogens (tertiary/aromatic N) is 1. The van der Waals surface area contributed by atoms with Gasteiger partial charge in [-0.05, 0) is 85.8 Å². The van der Waals surface area contributed by atoms with Crippen molar-refractivity contribution in [2.24, 2.45) is 22.7 Å². The first-order chi connectivity index (χ1) is 36.7. The van der Waals surface area contributed by atoms with Crippen molar-refractivity contribution in [3.63, 3.8) is 0 Å². The number of ether oxygens (including phenoxy) is 3. The average molecular weight is 1090 g/mol. The third-order valence-electron chi connectivity index (χ3n) is 13.8. The highest BCUT2D eigenvalue weighted by Crippen LogP contribution is 2.45. The molecule has 6 N–H and O–H groups in total. The molecule has 0 saturated carbocycles. The molecule has 3 aliphatic heterocycles. The fourth-order valence-electron chi connectivity index (χ4n) is 9.00. The number of nitrogens with one attached hydrogen (secondary N) is 6. The lowest BCUT2D eigenvalue weighted by Gasteiger charge is -2.32. The second-order valence-corrected chi connectivity index (χ2v) is 22.5. The van der Waals surface area contributed by atoms with E-state index < -0.39 is 112 Å². The Morgan fingerprint density at radius 1 is 0.859 bits per heavy atom. The summed E-state index contributed by atoms with van der Waals surface area (Å²) >= 11 is 0. The van der Waals surface area contributed by atoms with Crippen molar-refractivity contribution in [1.29, 1.82) is 0 Å². The van der Waals surface area contributed by atoms with Crippen molar-refractivity contribution >= 4 is 59.2 Å². The lowest BCUT2D eigenvalue weighted by atomic mass is 9.86. The van der Waals surface area contributed by atoms with E-state index in [2.05, 4.69) is 31.9 Å². The zero-order valence-corrected chi connectivity index (χ0v) is 46.8. The molecule has 0 bridgehead atoms. The summed E-state index contributed by atoms with van der Waals surface area (Å²) in [5.41, 5.74) is 1.78. The van der Waals surface area contributed by atoms with Crippen molar-refractivity contribution < 1.29 is 67.0 Å². The first kappa shape index (κ1) is 61.7. The predicted molar refractivity (Wildman–Crippen MR) is 285 cm³/mol. The highest BCUT2D eigenvalue weighted by atomic mass is 16.7. The lowest BCUT2D eigenvalue weighted by molar-refractivity contribution is -0.197. The van der Waals surface area contributed by atoms with Crippen LogP contribution in [-0.4, -0.2) is 114 Å². The van der Waals surface area contributed by atoms with Gasteiger partial charge in [-0.1, -0.05) is 90.9 Å². The van der Waals surface area contributed by atoms with Crippen LogP contribution in [0.1, 0.15) is 143 Å². The molecule has 5 rings (SSSR count). The van der Waals surface area contributed by atoms with Gasteiger partial charge < -0.3 is 50.9 Å². The smallest absolute Gasteiger partial charge is 0.333 e. The molecule has 21 nitrogen and oxygen atoms in total. The van der Waals surface area contributed by atoms with Crippen molar-refractivity contribution in [2.75, 3.05) is 13.7 Å². The number of carbonyl (C=O) groups excluding carboxylic acids is 10. The lowest BCUT2D eigenvalue weighted by Crippen LogP contribution is -2.54. The van der Waals surface area contributed by atoms with Gasteiger partial charge in [-0.15, -0.1) is 5.06 Å². The van der Waals surface area contributed by atoms with E-state index in [4.69, 9.17) is 19.0 Å². The fourth-order valence-corrected chi connectivity index (χ4v) is 9.00. The molecule has 21 heteroatoms. The fraction of sp³-hybridized carbons (Fsp3) is 0.579. The Hall–Kier alpha value is -7.16. The number of amides is 8. The molecule has 78 heavy (non-hydrogen) atoms. The topological polar surface area (TPSA) is 286 Å². The second-order valence-electron chi connectivity index (χ2n) is 22.5. The van der Waals surface area contributed by atoms with E-state index >= 15 is 0 Å². The summed E-state index contributed by atoms with van der Waals surface area (Å²) in [6, 6.07) is 9.04. The summed E-state index contributed by atoms with van der Waals surface area (Å²) in [7, 11) is 1.59. The van der Waals surface area contributed by atoms with Crippen LogP contribution in [0.25, 0.3) is 0 Å². The predicted octanol–water partition coefficient (Wildman–Crippen LogP) is 4.04. The average Bonchev–Trinajstić information content (AvgIpc) is 4.19. The number of aryl methyl sites for hydroxylation is 1. The summed E-state index contributed by atoms with van der Waals surface area (Å²) in [4.78, 5) is 135. The van der Waals surface area contributed by atoms with Crippen molar-refractivity contribution in [3.05, 3.63) is 76.9 Å². The molecule has 2 fully saturated rings. The van der Waals surface area contributed by atoms with Crippen LogP contribution < -0.4 is 36.6 Å². The van der Waals surface area contributed by atoms with Crippen molar-refractivity contribution in [1.82, 2.24) is 37.0 Å². The molecular weight excluding hydrogens is 1010 g/mol. The first-order valence-electron chi connectivity index (χ1n) is 26.8. The number of benzene rings is 2. The zero-order chi connectivity index (χ0) is 57.6. The molecular formula is C57H79N7O14. The molecule has 426 valence electrons. The SMILES string of the molecule is CCc1cc(C[C@H]2NC(=O)/C=C/C[C@@H](C(C)C3OC3c3ccc(CNC(=O)C(C)NC(=O)[C@@H](NC(=O)CCCC(=O)ON4C(=O)CCC4=O)C(C)C)cc3)OC(=O)C(CC(C)(C)C)NC(=O)C(C)(C)CNC2=O)ccc1OC. The number of epoxide rings is 1. The Kier molecular flexibility index (Phi) is 21.7. The molecule has 3 heterocycles. The van der Waals surface area contributed by atoms with Crippen molar-refractivity contribution in [2.45, 2.75) is 176 Å². The quantitative estimate of drug-likeness (QED) is 0.0621. The van der Waals surface area contributed by atoms with Gasteiger partial charge in [-0.25, -0.2) is 9.59 Å². The van der Waals surface area contributed by atoms with Crippen LogP contribution in [0.15, 0.2) is 54.6 Å². The first-order valence-corrected chi connectivity index (χ1v) is 26.8. The Bertz CT molecular complexity index is 2560. The van der Waals surface area contributed by atoms with E-state index in [9.17, 15) is 47.9 Å². The van der Waals surface area contributed by atoms with Crippen LogP contribution in [0.2, 0.25) is 0 Å². The Morgan fingerprint density at radius 3 is 2.15 bits per heavy atom. The number of hydrogen-bond donors (Lipinski definition) is 6.